The van der Waals surface area contributed by atoms with Crippen LogP contribution in [0.15, 0.2) is 64.4 Å². The Hall–Kier alpha value is -3.33. The van der Waals surface area contributed by atoms with Gasteiger partial charge in [-0.3, -0.25) is 9.35 Å². The summed E-state index contributed by atoms with van der Waals surface area (Å²) in [5.74, 6) is 0.194. The quantitative estimate of drug-likeness (QED) is 0.103. The maximum Gasteiger partial charge on any atom is 0.295 e. The van der Waals surface area contributed by atoms with Crippen LogP contribution in [0.5, 0.6) is 0 Å². The van der Waals surface area contributed by atoms with Crippen LogP contribution in [-0.2, 0) is 26.4 Å². The molecule has 0 atom stereocenters. The molecule has 1 N–H and O–H groups in total. The molecule has 0 bridgehead atoms. The third kappa shape index (κ3) is 7.08. The third-order valence-electron chi connectivity index (χ3n) is 8.37. The minimum atomic E-state index is -4.66. The van der Waals surface area contributed by atoms with Gasteiger partial charge in [0.05, 0.1) is 4.90 Å². The average molecular weight is 621 g/mol. The topological polar surface area (TPSA) is 106 Å². The van der Waals surface area contributed by atoms with Crippen LogP contribution in [0.25, 0.3) is 21.9 Å². The number of hydrogen-bond acceptors (Lipinski definition) is 5. The number of benzene rings is 4. The smallest absolute Gasteiger partial charge is 0.294 e. The summed E-state index contributed by atoms with van der Waals surface area (Å²) in [5.41, 5.74) is 8.14. The SMILES string of the molecule is CCCCCCC(=O)c1ccc(-c2ccc(Cc3ccc4c(S(=O)(=O)O)cc(S(C)(=O)=O)c(C)c4c3C)c(C)c2)cc1C. The fourth-order valence-electron chi connectivity index (χ4n) is 5.94. The highest BCUT2D eigenvalue weighted by molar-refractivity contribution is 7.91. The molecule has 43 heavy (non-hydrogen) atoms. The number of sulfone groups is 1. The molecule has 4 rings (SSSR count). The molecule has 0 unspecified atom stereocenters. The molecule has 4 aromatic carbocycles. The van der Waals surface area contributed by atoms with E-state index in [2.05, 4.69) is 31.2 Å². The van der Waals surface area contributed by atoms with Crippen molar-refractivity contribution < 1.29 is 26.2 Å². The van der Waals surface area contributed by atoms with E-state index in [-0.39, 0.29) is 10.7 Å². The summed E-state index contributed by atoms with van der Waals surface area (Å²) in [6.07, 6.45) is 6.46. The predicted octanol–water partition coefficient (Wildman–Crippen LogP) is 8.13. The second-order valence-electron chi connectivity index (χ2n) is 11.6. The van der Waals surface area contributed by atoms with Gasteiger partial charge in [-0.2, -0.15) is 8.42 Å². The van der Waals surface area contributed by atoms with Gasteiger partial charge in [-0.1, -0.05) is 74.7 Å². The van der Waals surface area contributed by atoms with Gasteiger partial charge in [0.1, 0.15) is 4.90 Å². The average Bonchev–Trinajstić information content (AvgIpc) is 2.92. The van der Waals surface area contributed by atoms with E-state index in [1.54, 1.807) is 13.0 Å². The van der Waals surface area contributed by atoms with Crippen LogP contribution >= 0.6 is 0 Å². The lowest BCUT2D eigenvalue weighted by atomic mass is 9.90. The van der Waals surface area contributed by atoms with E-state index < -0.39 is 24.9 Å². The largest absolute Gasteiger partial charge is 0.295 e. The zero-order chi connectivity index (χ0) is 31.7. The lowest BCUT2D eigenvalue weighted by molar-refractivity contribution is 0.0978. The van der Waals surface area contributed by atoms with Crippen LogP contribution in [0.2, 0.25) is 0 Å². The van der Waals surface area contributed by atoms with E-state index in [0.29, 0.717) is 29.2 Å². The standard InChI is InChI=1S/C35H40O6S2/c1-7-8-9-10-11-32(36)30-16-15-29(19-23(30)3)28-13-12-26(22(2)18-28)20-27-14-17-31-34(43(39,40)41)21-33(42(6,37)38)25(5)35(31)24(27)4/h12-19,21H,7-11,20H2,1-6H3,(H,39,40,41). The molecule has 0 radical (unpaired) electrons. The number of unbranched alkanes of at least 4 members (excludes halogenated alkanes) is 3. The Bertz CT molecular complexity index is 1940. The van der Waals surface area contributed by atoms with Crippen molar-refractivity contribution in [1.82, 2.24) is 0 Å². The zero-order valence-electron chi connectivity index (χ0n) is 25.7. The summed E-state index contributed by atoms with van der Waals surface area (Å²) in [6.45, 7) is 9.70. The molecule has 0 heterocycles. The van der Waals surface area contributed by atoms with Crippen molar-refractivity contribution in [2.24, 2.45) is 0 Å². The molecule has 0 aliphatic rings. The number of fused-ring (bicyclic) bond motifs is 1. The molecule has 0 fully saturated rings. The van der Waals surface area contributed by atoms with Gasteiger partial charge in [0, 0.05) is 23.6 Å². The normalized spacial score (nSPS) is 12.2. The lowest BCUT2D eigenvalue weighted by Gasteiger charge is -2.17. The highest BCUT2D eigenvalue weighted by Crippen LogP contribution is 2.36. The van der Waals surface area contributed by atoms with Crippen molar-refractivity contribution >= 4 is 36.5 Å². The summed E-state index contributed by atoms with van der Waals surface area (Å²) in [6, 6.07) is 16.8. The summed E-state index contributed by atoms with van der Waals surface area (Å²) in [5, 5.41) is 0.803. The fourth-order valence-corrected chi connectivity index (χ4v) is 7.72. The van der Waals surface area contributed by atoms with Gasteiger partial charge in [0.2, 0.25) is 0 Å². The second kappa shape index (κ2) is 12.7. The Morgan fingerprint density at radius 3 is 1.93 bits per heavy atom. The summed E-state index contributed by atoms with van der Waals surface area (Å²) in [7, 11) is -8.40. The van der Waals surface area contributed by atoms with Gasteiger partial charge >= 0.3 is 0 Å². The van der Waals surface area contributed by atoms with E-state index in [4.69, 9.17) is 0 Å². The summed E-state index contributed by atoms with van der Waals surface area (Å²) >= 11 is 0. The highest BCUT2D eigenvalue weighted by Gasteiger charge is 2.24. The number of carbonyl (C=O) groups is 1. The van der Waals surface area contributed by atoms with Crippen molar-refractivity contribution in [3.63, 3.8) is 0 Å². The molecule has 0 aliphatic carbocycles. The maximum atomic E-state index is 12.7. The van der Waals surface area contributed by atoms with Gasteiger partial charge in [0.15, 0.2) is 15.6 Å². The van der Waals surface area contributed by atoms with Gasteiger partial charge < -0.3 is 0 Å². The highest BCUT2D eigenvalue weighted by atomic mass is 32.2. The molecule has 0 aromatic heterocycles. The lowest BCUT2D eigenvalue weighted by Crippen LogP contribution is -2.08. The van der Waals surface area contributed by atoms with Crippen LogP contribution in [0, 0.1) is 27.7 Å². The van der Waals surface area contributed by atoms with Crippen LogP contribution in [0.1, 0.15) is 82.8 Å². The van der Waals surface area contributed by atoms with E-state index in [0.717, 1.165) is 82.5 Å². The first-order chi connectivity index (χ1) is 20.1. The third-order valence-corrected chi connectivity index (χ3v) is 10.5. The van der Waals surface area contributed by atoms with Crippen LogP contribution < -0.4 is 0 Å². The Kier molecular flexibility index (Phi) is 9.64. The number of ketones is 1. The van der Waals surface area contributed by atoms with E-state index in [1.165, 1.54) is 0 Å². The number of aryl methyl sites for hydroxylation is 4. The number of Topliss-reactive ketones (excluding diaryl/α,β-unsaturated/α-hetero) is 1. The van der Waals surface area contributed by atoms with Crippen molar-refractivity contribution in [2.75, 3.05) is 6.26 Å². The Labute approximate surface area is 255 Å². The van der Waals surface area contributed by atoms with Gasteiger partial charge in [-0.05, 0) is 96.5 Å². The maximum absolute atomic E-state index is 12.7. The first-order valence-corrected chi connectivity index (χ1v) is 17.9. The molecular formula is C35H40O6S2. The minimum Gasteiger partial charge on any atom is -0.294 e. The van der Waals surface area contributed by atoms with Crippen molar-refractivity contribution in [3.8, 4) is 11.1 Å². The summed E-state index contributed by atoms with van der Waals surface area (Å²) in [4.78, 5) is 12.2. The number of rotatable bonds is 11. The van der Waals surface area contributed by atoms with Crippen molar-refractivity contribution in [2.45, 2.75) is 82.9 Å². The van der Waals surface area contributed by atoms with Gasteiger partial charge in [0.25, 0.3) is 10.1 Å². The Morgan fingerprint density at radius 1 is 0.721 bits per heavy atom. The molecule has 0 amide bonds. The number of hydrogen-bond donors (Lipinski definition) is 1. The minimum absolute atomic E-state index is 0.118. The molecular weight excluding hydrogens is 581 g/mol. The predicted molar refractivity (Wildman–Crippen MR) is 174 cm³/mol. The van der Waals surface area contributed by atoms with E-state index in [1.807, 2.05) is 39.0 Å². The van der Waals surface area contributed by atoms with Crippen LogP contribution in [0.4, 0.5) is 0 Å². The first kappa shape index (κ1) is 32.6. The fraction of sp³-hybridized carbons (Fsp3) is 0.343. The van der Waals surface area contributed by atoms with Crippen LogP contribution in [-0.4, -0.2) is 33.4 Å². The molecule has 6 nitrogen and oxygen atoms in total. The first-order valence-electron chi connectivity index (χ1n) is 14.6. The number of carbonyl (C=O) groups excluding carboxylic acids is 1. The monoisotopic (exact) mass is 620 g/mol. The van der Waals surface area contributed by atoms with Crippen LogP contribution in [0.3, 0.4) is 0 Å². The molecule has 8 heteroatoms. The van der Waals surface area contributed by atoms with Crippen molar-refractivity contribution in [1.29, 1.82) is 0 Å². The van der Waals surface area contributed by atoms with E-state index in [9.17, 15) is 26.2 Å². The second-order valence-corrected chi connectivity index (χ2v) is 15.0. The molecule has 0 spiro atoms. The Morgan fingerprint density at radius 2 is 1.35 bits per heavy atom. The molecule has 0 saturated carbocycles. The summed E-state index contributed by atoms with van der Waals surface area (Å²) < 4.78 is 59.3. The zero-order valence-corrected chi connectivity index (χ0v) is 27.4. The molecule has 0 aliphatic heterocycles. The van der Waals surface area contributed by atoms with Gasteiger partial charge in [-0.15, -0.1) is 0 Å². The van der Waals surface area contributed by atoms with E-state index >= 15 is 0 Å². The molecule has 228 valence electrons. The van der Waals surface area contributed by atoms with Crippen molar-refractivity contribution in [3.05, 3.63) is 93.5 Å². The van der Waals surface area contributed by atoms with Gasteiger partial charge in [-0.25, -0.2) is 8.42 Å². The Balaban J connectivity index is 1.67. The molecule has 4 aromatic rings. The molecule has 0 saturated heterocycles.